The Labute approximate surface area is 169 Å². The number of aromatic amines is 1. The molecule has 0 radical (unpaired) electrons. The molecule has 1 N–H and O–H groups in total. The third-order valence-electron chi connectivity index (χ3n) is 4.61. The summed E-state index contributed by atoms with van der Waals surface area (Å²) in [6, 6.07) is 16.2. The molecule has 1 atom stereocenters. The van der Waals surface area contributed by atoms with Crippen LogP contribution < -0.4 is 0 Å². The molecule has 0 amide bonds. The molecule has 2 aromatic carbocycles. The van der Waals surface area contributed by atoms with Crippen LogP contribution in [0.25, 0.3) is 29.1 Å². The zero-order chi connectivity index (χ0) is 18.6. The minimum Gasteiger partial charge on any atom is -0.355 e. The fraction of sp³-hybridized carbons (Fsp3) is 0.0833. The Morgan fingerprint density at radius 2 is 1.74 bits per heavy atom. The van der Waals surface area contributed by atoms with E-state index in [1.54, 1.807) is 0 Å². The van der Waals surface area contributed by atoms with Crippen LogP contribution in [0.2, 0.25) is 5.02 Å². The Hall–Kier alpha value is -2.48. The van der Waals surface area contributed by atoms with Gasteiger partial charge in [-0.25, -0.2) is 0 Å². The normalized spacial score (nSPS) is 17.3. The van der Waals surface area contributed by atoms with E-state index in [0.29, 0.717) is 0 Å². The number of rotatable bonds is 4. The summed E-state index contributed by atoms with van der Waals surface area (Å²) in [6.07, 6.45) is 15.7. The van der Waals surface area contributed by atoms with Crippen molar-refractivity contribution < 1.29 is 0 Å². The van der Waals surface area contributed by atoms with Crippen molar-refractivity contribution >= 4 is 52.3 Å². The number of alkyl halides is 1. The van der Waals surface area contributed by atoms with E-state index in [1.165, 1.54) is 16.5 Å². The van der Waals surface area contributed by atoms with E-state index in [2.05, 4.69) is 59.6 Å². The number of aromatic nitrogens is 1. The van der Waals surface area contributed by atoms with Gasteiger partial charge in [-0.3, -0.25) is 0 Å². The first-order chi connectivity index (χ1) is 13.2. The van der Waals surface area contributed by atoms with Crippen molar-refractivity contribution in [1.82, 2.24) is 4.98 Å². The second kappa shape index (κ2) is 8.04. The Morgan fingerprint density at radius 3 is 2.52 bits per heavy atom. The summed E-state index contributed by atoms with van der Waals surface area (Å²) in [5.41, 5.74) is 5.68. The number of H-pyrrole nitrogens is 1. The summed E-state index contributed by atoms with van der Waals surface area (Å²) in [5.74, 6) is 0. The van der Waals surface area contributed by atoms with Crippen LogP contribution in [0.15, 0.2) is 78.4 Å². The summed E-state index contributed by atoms with van der Waals surface area (Å²) in [5, 5.41) is 2.06. The number of benzene rings is 2. The van der Waals surface area contributed by atoms with E-state index in [4.69, 9.17) is 23.2 Å². The summed E-state index contributed by atoms with van der Waals surface area (Å²) in [4.78, 5) is 3.52. The lowest BCUT2D eigenvalue weighted by atomic mass is 10.0. The van der Waals surface area contributed by atoms with Gasteiger partial charge in [0.25, 0.3) is 0 Å². The number of para-hydroxylation sites is 1. The van der Waals surface area contributed by atoms with Crippen LogP contribution in [0.3, 0.4) is 0 Å². The van der Waals surface area contributed by atoms with Crippen molar-refractivity contribution in [2.24, 2.45) is 0 Å². The van der Waals surface area contributed by atoms with Crippen LogP contribution >= 0.6 is 23.2 Å². The number of nitrogens with one attached hydrogen (secondary N) is 1. The van der Waals surface area contributed by atoms with Gasteiger partial charge >= 0.3 is 0 Å². The molecule has 0 saturated carbocycles. The van der Waals surface area contributed by atoms with E-state index in [9.17, 15) is 0 Å². The average Bonchev–Trinajstić information content (AvgIpc) is 3.05. The first-order valence-electron chi connectivity index (χ1n) is 8.94. The smallest absolute Gasteiger partial charge is 0.0554 e. The predicted octanol–water partition coefficient (Wildman–Crippen LogP) is 7.50. The molecule has 3 aromatic rings. The van der Waals surface area contributed by atoms with Crippen LogP contribution in [-0.4, -0.2) is 10.4 Å². The predicted molar refractivity (Wildman–Crippen MR) is 119 cm³/mol. The Balaban J connectivity index is 1.69. The SMILES string of the molecule is Clc1ccc(/C=C/c2[nH]c3ccccc3c2/C=C/C2=CCC(Cl)C=C2)cc1. The number of halogens is 2. The van der Waals surface area contributed by atoms with Gasteiger partial charge in [0.05, 0.1) is 5.38 Å². The van der Waals surface area contributed by atoms with Crippen LogP contribution in [0, 0.1) is 0 Å². The minimum absolute atomic E-state index is 0.105. The molecule has 0 bridgehead atoms. The molecular weight excluding hydrogens is 373 g/mol. The Bertz CT molecular complexity index is 1070. The third-order valence-corrected chi connectivity index (χ3v) is 5.18. The lowest BCUT2D eigenvalue weighted by molar-refractivity contribution is 1.03. The lowest BCUT2D eigenvalue weighted by Crippen LogP contribution is -1.95. The molecule has 3 heteroatoms. The molecule has 1 aliphatic rings. The van der Waals surface area contributed by atoms with Crippen molar-refractivity contribution in [3.63, 3.8) is 0 Å². The van der Waals surface area contributed by atoms with Crippen molar-refractivity contribution in [3.05, 3.63) is 100 Å². The maximum Gasteiger partial charge on any atom is 0.0554 e. The highest BCUT2D eigenvalue weighted by molar-refractivity contribution is 6.30. The highest BCUT2D eigenvalue weighted by Gasteiger charge is 2.07. The number of hydrogen-bond acceptors (Lipinski definition) is 0. The van der Waals surface area contributed by atoms with Gasteiger partial charge in [0.2, 0.25) is 0 Å². The molecule has 1 heterocycles. The van der Waals surface area contributed by atoms with E-state index < -0.39 is 0 Å². The first-order valence-corrected chi connectivity index (χ1v) is 9.75. The van der Waals surface area contributed by atoms with Crippen LogP contribution in [0.4, 0.5) is 0 Å². The minimum atomic E-state index is 0.105. The van der Waals surface area contributed by atoms with Crippen LogP contribution in [-0.2, 0) is 0 Å². The molecule has 0 saturated heterocycles. The molecule has 27 heavy (non-hydrogen) atoms. The fourth-order valence-corrected chi connectivity index (χ4v) is 3.45. The molecular formula is C24H19Cl2N. The molecule has 134 valence electrons. The third kappa shape index (κ3) is 4.27. The van der Waals surface area contributed by atoms with E-state index >= 15 is 0 Å². The topological polar surface area (TPSA) is 15.8 Å². The molecule has 1 aliphatic carbocycles. The standard InChI is InChI=1S/C24H19Cl2N/c25-19-11-5-17(6-12-19)9-15-22-21-3-1-2-4-23(21)27-24(22)16-10-18-7-13-20(26)14-8-18/h1-11,13-16,19,27H,12H2/b15-9+,16-10+. The van der Waals surface area contributed by atoms with Gasteiger partial charge < -0.3 is 4.98 Å². The van der Waals surface area contributed by atoms with Gasteiger partial charge in [0.15, 0.2) is 0 Å². The number of fused-ring (bicyclic) bond motifs is 1. The summed E-state index contributed by atoms with van der Waals surface area (Å²) < 4.78 is 0. The molecule has 0 fully saturated rings. The van der Waals surface area contributed by atoms with Crippen molar-refractivity contribution in [2.45, 2.75) is 11.8 Å². The van der Waals surface area contributed by atoms with Gasteiger partial charge in [0.1, 0.15) is 0 Å². The van der Waals surface area contributed by atoms with Gasteiger partial charge in [-0.2, -0.15) is 0 Å². The fourth-order valence-electron chi connectivity index (χ4n) is 3.16. The van der Waals surface area contributed by atoms with Crippen molar-refractivity contribution in [2.75, 3.05) is 0 Å². The zero-order valence-electron chi connectivity index (χ0n) is 14.7. The van der Waals surface area contributed by atoms with Gasteiger partial charge in [0, 0.05) is 27.2 Å². The monoisotopic (exact) mass is 391 g/mol. The Kier molecular flexibility index (Phi) is 5.33. The molecule has 4 rings (SSSR count). The molecule has 1 unspecified atom stereocenters. The highest BCUT2D eigenvalue weighted by atomic mass is 35.5. The average molecular weight is 392 g/mol. The summed E-state index contributed by atoms with van der Waals surface area (Å²) in [6.45, 7) is 0. The van der Waals surface area contributed by atoms with Gasteiger partial charge in [-0.1, -0.05) is 78.4 Å². The molecule has 1 nitrogen and oxygen atoms in total. The maximum atomic E-state index is 6.12. The second-order valence-corrected chi connectivity index (χ2v) is 7.53. The van der Waals surface area contributed by atoms with Crippen LogP contribution in [0.5, 0.6) is 0 Å². The first kappa shape index (κ1) is 17.9. The summed E-state index contributed by atoms with van der Waals surface area (Å²) in [7, 11) is 0. The van der Waals surface area contributed by atoms with E-state index in [1.807, 2.05) is 36.4 Å². The van der Waals surface area contributed by atoms with Crippen molar-refractivity contribution in [1.29, 1.82) is 0 Å². The number of allylic oxidation sites excluding steroid dienone is 5. The number of hydrogen-bond donors (Lipinski definition) is 1. The lowest BCUT2D eigenvalue weighted by Gasteiger charge is -2.06. The molecule has 0 spiro atoms. The van der Waals surface area contributed by atoms with Gasteiger partial charge in [-0.05, 0) is 41.8 Å². The highest BCUT2D eigenvalue weighted by Crippen LogP contribution is 2.27. The maximum absolute atomic E-state index is 6.12. The van der Waals surface area contributed by atoms with Gasteiger partial charge in [-0.15, -0.1) is 11.6 Å². The van der Waals surface area contributed by atoms with E-state index in [-0.39, 0.29) is 5.38 Å². The zero-order valence-corrected chi connectivity index (χ0v) is 16.2. The largest absolute Gasteiger partial charge is 0.355 e. The molecule has 0 aliphatic heterocycles. The van der Waals surface area contributed by atoms with Crippen molar-refractivity contribution in [3.8, 4) is 0 Å². The van der Waals surface area contributed by atoms with Crippen LogP contribution in [0.1, 0.15) is 23.2 Å². The van der Waals surface area contributed by atoms with E-state index in [0.717, 1.165) is 28.2 Å². The Morgan fingerprint density at radius 1 is 0.926 bits per heavy atom. The summed E-state index contributed by atoms with van der Waals surface area (Å²) >= 11 is 12.1. The second-order valence-electron chi connectivity index (χ2n) is 6.53. The molecule has 1 aromatic heterocycles. The quantitative estimate of drug-likeness (QED) is 0.443.